The number of fused-ring (bicyclic) bond motifs is 1. The van der Waals surface area contributed by atoms with Gasteiger partial charge in [0.2, 0.25) is 7.37 Å². The summed E-state index contributed by atoms with van der Waals surface area (Å²) in [6.07, 6.45) is -3.03. The number of phenolic OH excluding ortho intramolecular Hbond substituents is 1. The molecule has 0 aliphatic carbocycles. The van der Waals surface area contributed by atoms with Crippen molar-refractivity contribution in [3.8, 4) is 11.5 Å². The maximum Gasteiger partial charge on any atom is 0.412 e. The summed E-state index contributed by atoms with van der Waals surface area (Å²) < 4.78 is 65.1. The van der Waals surface area contributed by atoms with Crippen molar-refractivity contribution in [3.63, 3.8) is 0 Å². The number of phenols is 1. The summed E-state index contributed by atoms with van der Waals surface area (Å²) in [5.41, 5.74) is 0.893. The standard InChI is InChI=1S/C21H26F3O7P/c1-11(8-16(13(3)25)32(5,28)31-10-21(22,23)24)6-7-14-18(26)17-15(9-30-20(17)27)12(2)19(14)29-4/h6,16,26H,7-10H2,1-5H3/b11-6+. The second-order valence-electron chi connectivity index (χ2n) is 7.80. The van der Waals surface area contributed by atoms with Crippen LogP contribution in [0.25, 0.3) is 0 Å². The molecule has 0 bridgehead atoms. The molecule has 0 amide bonds. The minimum absolute atomic E-state index is 0.0308. The van der Waals surface area contributed by atoms with E-state index in [4.69, 9.17) is 9.47 Å². The van der Waals surface area contributed by atoms with E-state index in [1.54, 1.807) is 19.9 Å². The van der Waals surface area contributed by atoms with Crippen LogP contribution < -0.4 is 4.74 Å². The van der Waals surface area contributed by atoms with Crippen molar-refractivity contribution in [2.24, 2.45) is 0 Å². The average molecular weight is 478 g/mol. The highest BCUT2D eigenvalue weighted by molar-refractivity contribution is 7.60. The molecule has 0 aromatic heterocycles. The molecule has 1 aliphatic heterocycles. The van der Waals surface area contributed by atoms with Crippen molar-refractivity contribution < 1.29 is 46.4 Å². The van der Waals surface area contributed by atoms with Crippen molar-refractivity contribution in [1.82, 2.24) is 0 Å². The zero-order valence-corrected chi connectivity index (χ0v) is 19.4. The maximum absolute atomic E-state index is 12.7. The van der Waals surface area contributed by atoms with Gasteiger partial charge in [-0.05, 0) is 39.2 Å². The van der Waals surface area contributed by atoms with Crippen LogP contribution in [0.2, 0.25) is 0 Å². The number of ether oxygens (including phenoxy) is 2. The molecule has 7 nitrogen and oxygen atoms in total. The fraction of sp³-hybridized carbons (Fsp3) is 0.524. The number of carbonyl (C=O) groups is 2. The lowest BCUT2D eigenvalue weighted by molar-refractivity contribution is -0.153. The van der Waals surface area contributed by atoms with Crippen LogP contribution in [-0.4, -0.2) is 49.1 Å². The summed E-state index contributed by atoms with van der Waals surface area (Å²) in [5, 5.41) is 10.6. The van der Waals surface area contributed by atoms with E-state index in [2.05, 4.69) is 4.52 Å². The Bertz CT molecular complexity index is 998. The SMILES string of the molecule is COc1c(C)c2c(c(O)c1C/C=C(\C)CC(C(C)=O)P(C)(=O)OCC(F)(F)F)C(=O)OC2. The third kappa shape index (κ3) is 5.72. The number of halogens is 3. The molecule has 0 fully saturated rings. The maximum atomic E-state index is 12.7. The second kappa shape index (κ2) is 9.67. The number of cyclic esters (lactones) is 1. The number of hydrogen-bond acceptors (Lipinski definition) is 7. The van der Waals surface area contributed by atoms with E-state index in [-0.39, 0.29) is 30.8 Å². The van der Waals surface area contributed by atoms with E-state index in [1.807, 2.05) is 0 Å². The van der Waals surface area contributed by atoms with Crippen LogP contribution in [0.3, 0.4) is 0 Å². The van der Waals surface area contributed by atoms with Crippen LogP contribution in [0.15, 0.2) is 11.6 Å². The molecule has 0 saturated heterocycles. The van der Waals surface area contributed by atoms with Crippen LogP contribution >= 0.6 is 7.37 Å². The lowest BCUT2D eigenvalue weighted by Crippen LogP contribution is -2.23. The monoisotopic (exact) mass is 478 g/mol. The number of esters is 1. The Morgan fingerprint density at radius 1 is 1.34 bits per heavy atom. The van der Waals surface area contributed by atoms with Gasteiger partial charge >= 0.3 is 12.1 Å². The Morgan fingerprint density at radius 3 is 2.50 bits per heavy atom. The second-order valence-corrected chi connectivity index (χ2v) is 10.5. The van der Waals surface area contributed by atoms with Crippen LogP contribution in [0, 0.1) is 6.92 Å². The van der Waals surface area contributed by atoms with Gasteiger partial charge in [-0.25, -0.2) is 4.79 Å². The van der Waals surface area contributed by atoms with Crippen molar-refractivity contribution in [2.75, 3.05) is 20.4 Å². The topological polar surface area (TPSA) is 99.1 Å². The molecule has 1 N–H and O–H groups in total. The lowest BCUT2D eigenvalue weighted by atomic mass is 9.94. The van der Waals surface area contributed by atoms with Gasteiger partial charge < -0.3 is 19.1 Å². The van der Waals surface area contributed by atoms with Gasteiger partial charge in [0.15, 0.2) is 0 Å². The predicted octanol–water partition coefficient (Wildman–Crippen LogP) is 4.70. The summed E-state index contributed by atoms with van der Waals surface area (Å²) in [6.45, 7) is 3.84. The van der Waals surface area contributed by atoms with Gasteiger partial charge in [0, 0.05) is 17.8 Å². The molecule has 1 aromatic carbocycles. The third-order valence-electron chi connectivity index (χ3n) is 5.34. The summed E-state index contributed by atoms with van der Waals surface area (Å²) in [4.78, 5) is 24.0. The van der Waals surface area contributed by atoms with Gasteiger partial charge in [0.05, 0.1) is 12.8 Å². The molecule has 1 heterocycles. The lowest BCUT2D eigenvalue weighted by Gasteiger charge is -2.23. The predicted molar refractivity (Wildman–Crippen MR) is 111 cm³/mol. The Hall–Kier alpha value is -2.32. The molecule has 0 radical (unpaired) electrons. The summed E-state index contributed by atoms with van der Waals surface area (Å²) in [6, 6.07) is 0. The number of aromatic hydroxyl groups is 1. The molecular weight excluding hydrogens is 452 g/mol. The Balaban J connectivity index is 2.29. The normalized spacial score (nSPS) is 16.9. The van der Waals surface area contributed by atoms with Crippen LogP contribution in [-0.2, 0) is 31.6 Å². The number of carbonyl (C=O) groups excluding carboxylic acids is 2. The molecule has 0 saturated carbocycles. The number of allylic oxidation sites excluding steroid dienone is 2. The fourth-order valence-corrected chi connectivity index (χ4v) is 5.49. The molecule has 1 aromatic rings. The highest BCUT2D eigenvalue weighted by Crippen LogP contribution is 2.51. The summed E-state index contributed by atoms with van der Waals surface area (Å²) >= 11 is 0. The number of rotatable bonds is 9. The molecule has 0 spiro atoms. The van der Waals surface area contributed by atoms with Gasteiger partial charge in [-0.3, -0.25) is 9.36 Å². The molecular formula is C21H26F3O7P. The van der Waals surface area contributed by atoms with E-state index in [0.717, 1.165) is 13.6 Å². The quantitative estimate of drug-likeness (QED) is 0.312. The summed E-state index contributed by atoms with van der Waals surface area (Å²) in [7, 11) is -2.48. The molecule has 178 valence electrons. The van der Waals surface area contributed by atoms with Gasteiger partial charge in [0.1, 0.15) is 36.1 Å². The number of hydrogen-bond donors (Lipinski definition) is 1. The van der Waals surface area contributed by atoms with Crippen LogP contribution in [0.5, 0.6) is 11.5 Å². The molecule has 2 rings (SSSR count). The zero-order chi connectivity index (χ0) is 24.4. The highest BCUT2D eigenvalue weighted by atomic mass is 31.2. The molecule has 2 atom stereocenters. The minimum Gasteiger partial charge on any atom is -0.507 e. The van der Waals surface area contributed by atoms with Crippen LogP contribution in [0.4, 0.5) is 13.2 Å². The third-order valence-corrected chi connectivity index (χ3v) is 7.66. The summed E-state index contributed by atoms with van der Waals surface area (Å²) in [5.74, 6) is -1.09. The van der Waals surface area contributed by atoms with Crippen LogP contribution in [0.1, 0.15) is 47.3 Å². The van der Waals surface area contributed by atoms with Gasteiger partial charge in [-0.15, -0.1) is 0 Å². The first kappa shape index (κ1) is 25.9. The van der Waals surface area contributed by atoms with Crippen molar-refractivity contribution >= 4 is 19.1 Å². The molecule has 11 heteroatoms. The minimum atomic E-state index is -4.67. The Morgan fingerprint density at radius 2 is 1.97 bits per heavy atom. The van der Waals surface area contributed by atoms with Crippen molar-refractivity contribution in [3.05, 3.63) is 33.9 Å². The molecule has 32 heavy (non-hydrogen) atoms. The number of methoxy groups -OCH3 is 1. The largest absolute Gasteiger partial charge is 0.507 e. The van der Waals surface area contributed by atoms with E-state index in [9.17, 15) is 32.4 Å². The average Bonchev–Trinajstić information content (AvgIpc) is 3.07. The first-order valence-corrected chi connectivity index (χ1v) is 11.9. The molecule has 2 unspecified atom stereocenters. The highest BCUT2D eigenvalue weighted by Gasteiger charge is 2.38. The smallest absolute Gasteiger partial charge is 0.412 e. The zero-order valence-electron chi connectivity index (χ0n) is 18.5. The van der Waals surface area contributed by atoms with E-state index >= 15 is 0 Å². The van der Waals surface area contributed by atoms with Gasteiger partial charge in [-0.1, -0.05) is 11.6 Å². The number of benzene rings is 1. The van der Waals surface area contributed by atoms with E-state index < -0.39 is 37.6 Å². The number of Topliss-reactive ketones (excluding diaryl/α,β-unsaturated/α-hetero) is 1. The van der Waals surface area contributed by atoms with E-state index in [1.165, 1.54) is 7.11 Å². The number of ketones is 1. The fourth-order valence-electron chi connectivity index (χ4n) is 3.62. The first-order chi connectivity index (χ1) is 14.7. The number of alkyl halides is 3. The Kier molecular flexibility index (Phi) is 7.83. The van der Waals surface area contributed by atoms with Gasteiger partial charge in [0.25, 0.3) is 0 Å². The molecule has 1 aliphatic rings. The first-order valence-electron chi connectivity index (χ1n) is 9.72. The Labute approximate surface area is 184 Å². The van der Waals surface area contributed by atoms with E-state index in [0.29, 0.717) is 28.0 Å². The van der Waals surface area contributed by atoms with Gasteiger partial charge in [-0.2, -0.15) is 13.2 Å². The van der Waals surface area contributed by atoms with Crippen molar-refractivity contribution in [2.45, 2.75) is 52.1 Å². The van der Waals surface area contributed by atoms with Crippen molar-refractivity contribution in [1.29, 1.82) is 0 Å².